The van der Waals surface area contributed by atoms with Gasteiger partial charge in [0.15, 0.2) is 0 Å². The van der Waals surface area contributed by atoms with Gasteiger partial charge >= 0.3 is 0 Å². The van der Waals surface area contributed by atoms with Crippen molar-refractivity contribution in [3.63, 3.8) is 0 Å². The fraction of sp³-hybridized carbons (Fsp3) is 0.250. The number of hydrogen-bond acceptors (Lipinski definition) is 4. The number of aryl methyl sites for hydroxylation is 3. The summed E-state index contributed by atoms with van der Waals surface area (Å²) in [4.78, 5) is 26.8. The average Bonchev–Trinajstić information content (AvgIpc) is 3.38. The van der Waals surface area contributed by atoms with Crippen LogP contribution in [0.25, 0.3) is 0 Å². The number of H-pyrrole nitrogens is 4. The largest absolute Gasteiger partial charge is 0.351 e. The molecule has 0 aliphatic heterocycles. The lowest BCUT2D eigenvalue weighted by molar-refractivity contribution is 0.990. The fourth-order valence-electron chi connectivity index (χ4n) is 1.38. The summed E-state index contributed by atoms with van der Waals surface area (Å²) in [6.07, 6.45) is 16.6. The Morgan fingerprint density at radius 2 is 1.62 bits per heavy atom. The van der Waals surface area contributed by atoms with Gasteiger partial charge < -0.3 is 19.9 Å². The molecule has 0 atom stereocenters. The van der Waals surface area contributed by atoms with Gasteiger partial charge in [-0.15, -0.1) is 0 Å². The summed E-state index contributed by atoms with van der Waals surface area (Å²) >= 11 is 0. The van der Waals surface area contributed by atoms with Crippen LogP contribution < -0.4 is 0 Å². The third kappa shape index (κ3) is 9.72. The van der Waals surface area contributed by atoms with E-state index in [4.69, 9.17) is 0 Å². The van der Waals surface area contributed by atoms with Crippen molar-refractivity contribution in [3.05, 3.63) is 73.4 Å². The zero-order chi connectivity index (χ0) is 17.5. The minimum Gasteiger partial charge on any atom is -0.351 e. The predicted molar refractivity (Wildman–Crippen MR) is 93.2 cm³/mol. The van der Waals surface area contributed by atoms with Gasteiger partial charge in [-0.05, 0) is 13.8 Å². The van der Waals surface area contributed by atoms with Crippen LogP contribution in [0, 0.1) is 13.8 Å². The summed E-state index contributed by atoms with van der Waals surface area (Å²) in [5, 5.41) is 0. The summed E-state index contributed by atoms with van der Waals surface area (Å²) < 4.78 is 0. The molecule has 4 N–H and O–H groups in total. The maximum absolute atomic E-state index is 3.98. The van der Waals surface area contributed by atoms with E-state index in [1.807, 2.05) is 20.0 Å². The van der Waals surface area contributed by atoms with Crippen molar-refractivity contribution < 1.29 is 0 Å². The molecule has 0 bridgehead atoms. The Morgan fingerprint density at radius 1 is 0.833 bits per heavy atom. The monoisotopic (exact) mass is 328 g/mol. The van der Waals surface area contributed by atoms with E-state index in [9.17, 15) is 0 Å². The van der Waals surface area contributed by atoms with Gasteiger partial charge in [0.1, 0.15) is 11.6 Å². The average molecular weight is 328 g/mol. The molecule has 0 radical (unpaired) electrons. The molecular weight excluding hydrogens is 304 g/mol. The molecule has 4 heterocycles. The van der Waals surface area contributed by atoms with Gasteiger partial charge in [-0.3, -0.25) is 0 Å². The molecule has 8 heteroatoms. The lowest BCUT2D eigenvalue weighted by atomic mass is 10.5. The number of rotatable bonds is 1. The molecule has 0 spiro atoms. The first-order valence-electron chi connectivity index (χ1n) is 7.54. The first kappa shape index (κ1) is 18.9. The topological polar surface area (TPSA) is 115 Å². The maximum atomic E-state index is 3.98. The molecule has 0 aliphatic rings. The Kier molecular flexibility index (Phi) is 9.75. The number of aromatic amines is 4. The third-order valence-electron chi connectivity index (χ3n) is 2.57. The number of imidazole rings is 4. The molecule has 0 aliphatic carbocycles. The summed E-state index contributed by atoms with van der Waals surface area (Å²) in [5.41, 5.74) is 1.11. The van der Waals surface area contributed by atoms with E-state index in [1.165, 1.54) is 0 Å². The molecule has 128 valence electrons. The van der Waals surface area contributed by atoms with E-state index in [1.54, 1.807) is 49.8 Å². The lowest BCUT2D eigenvalue weighted by Gasteiger charge is -1.79. The molecule has 0 saturated carbocycles. The van der Waals surface area contributed by atoms with Crippen molar-refractivity contribution >= 4 is 0 Å². The Morgan fingerprint density at radius 3 is 1.83 bits per heavy atom. The van der Waals surface area contributed by atoms with Crippen molar-refractivity contribution in [1.82, 2.24) is 39.9 Å². The second-order valence-corrected chi connectivity index (χ2v) is 4.56. The van der Waals surface area contributed by atoms with Gasteiger partial charge in [-0.2, -0.15) is 0 Å². The number of aromatic nitrogens is 8. The van der Waals surface area contributed by atoms with E-state index in [-0.39, 0.29) is 0 Å². The molecule has 0 aromatic carbocycles. The van der Waals surface area contributed by atoms with Crippen LogP contribution in [0.2, 0.25) is 0 Å². The third-order valence-corrected chi connectivity index (χ3v) is 2.57. The quantitative estimate of drug-likeness (QED) is 0.430. The summed E-state index contributed by atoms with van der Waals surface area (Å²) in [5.74, 6) is 2.02. The molecule has 4 aromatic rings. The van der Waals surface area contributed by atoms with Crippen molar-refractivity contribution in [1.29, 1.82) is 0 Å². The van der Waals surface area contributed by atoms with Crippen LogP contribution in [0.15, 0.2) is 56.0 Å². The van der Waals surface area contributed by atoms with Crippen LogP contribution in [0.1, 0.15) is 24.3 Å². The summed E-state index contributed by atoms with van der Waals surface area (Å²) in [7, 11) is 0. The summed E-state index contributed by atoms with van der Waals surface area (Å²) in [6.45, 7) is 5.95. The molecule has 4 aromatic heterocycles. The zero-order valence-corrected chi connectivity index (χ0v) is 14.2. The Bertz CT molecular complexity index is 617. The second-order valence-electron chi connectivity index (χ2n) is 4.56. The number of nitrogens with zero attached hydrogens (tertiary/aromatic N) is 4. The molecule has 0 saturated heterocycles. The molecule has 8 nitrogen and oxygen atoms in total. The highest BCUT2D eigenvalue weighted by Gasteiger charge is 1.82. The first-order valence-corrected chi connectivity index (χ1v) is 7.54. The second kappa shape index (κ2) is 12.4. The lowest BCUT2D eigenvalue weighted by Crippen LogP contribution is -1.78. The summed E-state index contributed by atoms with van der Waals surface area (Å²) in [6, 6.07) is 0. The van der Waals surface area contributed by atoms with Gasteiger partial charge in [0, 0.05) is 55.5 Å². The van der Waals surface area contributed by atoms with Gasteiger partial charge in [-0.1, -0.05) is 6.92 Å². The van der Waals surface area contributed by atoms with Gasteiger partial charge in [0.2, 0.25) is 0 Å². The van der Waals surface area contributed by atoms with Crippen LogP contribution in [0.3, 0.4) is 0 Å². The van der Waals surface area contributed by atoms with E-state index in [0.29, 0.717) is 0 Å². The van der Waals surface area contributed by atoms with E-state index < -0.39 is 0 Å². The standard InChI is InChI=1S/C5H8N2.2C4H6N2.C3H4N2/c1-2-5-6-3-4-7-5;1-4-2-5-3-6-4;1-4-5-2-3-6-4;1-2-5-3-4-1/h3-4H,2H2,1H3,(H,6,7);2*2-3H,1H3,(H,5,6);1-3H,(H,4,5). The number of hydrogen-bond donors (Lipinski definition) is 4. The highest BCUT2D eigenvalue weighted by atomic mass is 14.9. The van der Waals surface area contributed by atoms with Crippen LogP contribution in [0.5, 0.6) is 0 Å². The molecule has 0 amide bonds. The minimum absolute atomic E-state index is 0.968. The van der Waals surface area contributed by atoms with Crippen molar-refractivity contribution in [2.75, 3.05) is 0 Å². The Balaban J connectivity index is 0.000000161. The fourth-order valence-corrected chi connectivity index (χ4v) is 1.38. The molecule has 4 rings (SSSR count). The predicted octanol–water partition coefficient (Wildman–Crippen LogP) is 2.82. The van der Waals surface area contributed by atoms with Crippen LogP contribution in [-0.2, 0) is 6.42 Å². The first-order chi connectivity index (χ1) is 11.7. The van der Waals surface area contributed by atoms with Gasteiger partial charge in [-0.25, -0.2) is 19.9 Å². The highest BCUT2D eigenvalue weighted by molar-refractivity contribution is 4.88. The molecule has 0 unspecified atom stereocenters. The minimum atomic E-state index is 0.968. The van der Waals surface area contributed by atoms with Gasteiger partial charge in [0.05, 0.1) is 12.7 Å². The Hall–Kier alpha value is -3.16. The van der Waals surface area contributed by atoms with E-state index in [0.717, 1.165) is 23.8 Å². The van der Waals surface area contributed by atoms with Crippen LogP contribution >= 0.6 is 0 Å². The SMILES string of the molecule is CCc1ncc[nH]1.Cc1cnc[nH]1.Cc1ncc[nH]1.c1c[nH]cn1. The molecular formula is C16H24N8. The molecule has 0 fully saturated rings. The number of nitrogens with one attached hydrogen (secondary N) is 4. The highest BCUT2D eigenvalue weighted by Crippen LogP contribution is 1.85. The van der Waals surface area contributed by atoms with Crippen molar-refractivity contribution in [2.45, 2.75) is 27.2 Å². The smallest absolute Gasteiger partial charge is 0.105 e. The van der Waals surface area contributed by atoms with E-state index in [2.05, 4.69) is 46.8 Å². The maximum Gasteiger partial charge on any atom is 0.105 e. The van der Waals surface area contributed by atoms with Gasteiger partial charge in [0.25, 0.3) is 0 Å². The Labute approximate surface area is 141 Å². The molecule has 24 heavy (non-hydrogen) atoms. The van der Waals surface area contributed by atoms with Crippen molar-refractivity contribution in [3.8, 4) is 0 Å². The normalized spacial score (nSPS) is 8.79. The van der Waals surface area contributed by atoms with Crippen LogP contribution in [-0.4, -0.2) is 39.9 Å². The van der Waals surface area contributed by atoms with Crippen LogP contribution in [0.4, 0.5) is 0 Å². The van der Waals surface area contributed by atoms with E-state index >= 15 is 0 Å². The zero-order valence-electron chi connectivity index (χ0n) is 14.2. The van der Waals surface area contributed by atoms with Crippen molar-refractivity contribution in [2.24, 2.45) is 0 Å².